The molecule has 0 aliphatic heterocycles. The first-order chi connectivity index (χ1) is 8.27. The summed E-state index contributed by atoms with van der Waals surface area (Å²) in [5, 5.41) is 3.28. The molecule has 92 valence electrons. The van der Waals surface area contributed by atoms with Crippen LogP contribution in [0.3, 0.4) is 0 Å². The Bertz CT molecular complexity index is 387. The Labute approximate surface area is 111 Å². The van der Waals surface area contributed by atoms with Crippen molar-refractivity contribution in [3.8, 4) is 18.1 Å². The fraction of sp³-hybridized carbons (Fsp3) is 0.385. The van der Waals surface area contributed by atoms with Crippen LogP contribution < -0.4 is 10.1 Å². The van der Waals surface area contributed by atoms with Gasteiger partial charge in [0.15, 0.2) is 0 Å². The molecule has 0 radical (unpaired) electrons. The zero-order valence-electron chi connectivity index (χ0n) is 9.83. The molecule has 1 aromatic rings. The molecule has 0 aliphatic rings. The summed E-state index contributed by atoms with van der Waals surface area (Å²) in [6.07, 6.45) is 5.15. The first kappa shape index (κ1) is 14.0. The zero-order chi connectivity index (χ0) is 12.5. The first-order valence-electron chi connectivity index (χ1n) is 5.32. The maximum Gasteiger partial charge on any atom is 0.148 e. The van der Waals surface area contributed by atoms with Gasteiger partial charge in [-0.3, -0.25) is 0 Å². The van der Waals surface area contributed by atoms with Crippen molar-refractivity contribution in [2.45, 2.75) is 6.54 Å². The lowest BCUT2D eigenvalue weighted by molar-refractivity contribution is 0.199. The van der Waals surface area contributed by atoms with Crippen LogP contribution in [0.1, 0.15) is 5.56 Å². The number of terminal acetylenes is 1. The van der Waals surface area contributed by atoms with Crippen LogP contribution in [0.25, 0.3) is 0 Å². The number of benzene rings is 1. The van der Waals surface area contributed by atoms with Crippen LogP contribution in [0.2, 0.25) is 0 Å². The van der Waals surface area contributed by atoms with E-state index >= 15 is 0 Å². The Morgan fingerprint density at radius 2 is 2.29 bits per heavy atom. The minimum absolute atomic E-state index is 0.290. The van der Waals surface area contributed by atoms with Gasteiger partial charge in [-0.1, -0.05) is 21.9 Å². The second kappa shape index (κ2) is 8.13. The fourth-order valence-corrected chi connectivity index (χ4v) is 1.69. The molecule has 0 saturated heterocycles. The fourth-order valence-electron chi connectivity index (χ4n) is 1.30. The predicted octanol–water partition coefficient (Wildman–Crippen LogP) is 2.20. The Morgan fingerprint density at radius 1 is 1.47 bits per heavy atom. The minimum Gasteiger partial charge on any atom is -0.481 e. The van der Waals surface area contributed by atoms with E-state index in [1.807, 2.05) is 18.2 Å². The van der Waals surface area contributed by atoms with Gasteiger partial charge < -0.3 is 14.8 Å². The number of methoxy groups -OCH3 is 1. The van der Waals surface area contributed by atoms with E-state index in [2.05, 4.69) is 27.2 Å². The summed E-state index contributed by atoms with van der Waals surface area (Å²) >= 11 is 3.50. The van der Waals surface area contributed by atoms with Gasteiger partial charge in [0.05, 0.1) is 6.61 Å². The molecule has 0 unspecified atom stereocenters. The molecule has 1 aromatic carbocycles. The van der Waals surface area contributed by atoms with E-state index in [9.17, 15) is 0 Å². The molecule has 0 amide bonds. The quantitative estimate of drug-likeness (QED) is 0.618. The maximum atomic E-state index is 5.37. The van der Waals surface area contributed by atoms with Crippen molar-refractivity contribution in [2.75, 3.05) is 26.9 Å². The number of halogens is 1. The predicted molar refractivity (Wildman–Crippen MR) is 72.1 cm³/mol. The number of hydrogen-bond donors (Lipinski definition) is 1. The number of ether oxygens (including phenoxy) is 2. The lowest BCUT2D eigenvalue weighted by Crippen LogP contribution is -2.18. The lowest BCUT2D eigenvalue weighted by Gasteiger charge is -2.09. The number of nitrogens with one attached hydrogen (secondary N) is 1. The highest BCUT2D eigenvalue weighted by Gasteiger charge is 2.02. The molecule has 0 atom stereocenters. The molecule has 0 aliphatic carbocycles. The van der Waals surface area contributed by atoms with Crippen LogP contribution in [-0.4, -0.2) is 26.9 Å². The SMILES string of the molecule is C#CCOc1ccc(Br)c(CNCCOC)c1. The average molecular weight is 298 g/mol. The van der Waals surface area contributed by atoms with Crippen molar-refractivity contribution in [2.24, 2.45) is 0 Å². The summed E-state index contributed by atoms with van der Waals surface area (Å²) in [5.41, 5.74) is 1.13. The molecule has 1 N–H and O–H groups in total. The van der Waals surface area contributed by atoms with E-state index in [4.69, 9.17) is 15.9 Å². The molecule has 0 spiro atoms. The highest BCUT2D eigenvalue weighted by molar-refractivity contribution is 9.10. The molecule has 1 rings (SSSR count). The monoisotopic (exact) mass is 297 g/mol. The minimum atomic E-state index is 0.290. The van der Waals surface area contributed by atoms with Gasteiger partial charge in [-0.25, -0.2) is 0 Å². The van der Waals surface area contributed by atoms with Crippen LogP contribution in [-0.2, 0) is 11.3 Å². The molecular formula is C13H16BrNO2. The smallest absolute Gasteiger partial charge is 0.148 e. The third-order valence-electron chi connectivity index (χ3n) is 2.14. The van der Waals surface area contributed by atoms with Crippen LogP contribution in [0.5, 0.6) is 5.75 Å². The molecular weight excluding hydrogens is 282 g/mol. The van der Waals surface area contributed by atoms with E-state index in [0.29, 0.717) is 6.61 Å². The lowest BCUT2D eigenvalue weighted by atomic mass is 10.2. The molecule has 0 aromatic heterocycles. The van der Waals surface area contributed by atoms with Crippen molar-refractivity contribution < 1.29 is 9.47 Å². The Kier molecular flexibility index (Phi) is 6.71. The Balaban J connectivity index is 2.54. The van der Waals surface area contributed by atoms with Gasteiger partial charge >= 0.3 is 0 Å². The third kappa shape index (κ3) is 5.22. The van der Waals surface area contributed by atoms with Gasteiger partial charge in [-0.15, -0.1) is 6.42 Å². The summed E-state index contributed by atoms with van der Waals surface area (Å²) in [5.74, 6) is 3.23. The molecule has 17 heavy (non-hydrogen) atoms. The normalized spacial score (nSPS) is 9.94. The van der Waals surface area contributed by atoms with Crippen molar-refractivity contribution in [3.63, 3.8) is 0 Å². The molecule has 0 bridgehead atoms. The Hall–Kier alpha value is -1.02. The summed E-state index contributed by atoms with van der Waals surface area (Å²) in [4.78, 5) is 0. The molecule has 3 nitrogen and oxygen atoms in total. The van der Waals surface area contributed by atoms with Gasteiger partial charge in [-0.2, -0.15) is 0 Å². The molecule has 4 heteroatoms. The van der Waals surface area contributed by atoms with Crippen molar-refractivity contribution in [3.05, 3.63) is 28.2 Å². The number of hydrogen-bond acceptors (Lipinski definition) is 3. The Morgan fingerprint density at radius 3 is 3.00 bits per heavy atom. The van der Waals surface area contributed by atoms with E-state index in [1.165, 1.54) is 0 Å². The second-order valence-electron chi connectivity index (χ2n) is 3.42. The summed E-state index contributed by atoms with van der Waals surface area (Å²) < 4.78 is 11.4. The second-order valence-corrected chi connectivity index (χ2v) is 4.27. The van der Waals surface area contributed by atoms with E-state index in [0.717, 1.165) is 28.9 Å². The summed E-state index contributed by atoms with van der Waals surface area (Å²) in [7, 11) is 1.69. The average Bonchev–Trinajstić information content (AvgIpc) is 2.35. The van der Waals surface area contributed by atoms with Crippen LogP contribution in [0.4, 0.5) is 0 Å². The van der Waals surface area contributed by atoms with Crippen LogP contribution >= 0.6 is 15.9 Å². The van der Waals surface area contributed by atoms with E-state index in [1.54, 1.807) is 7.11 Å². The van der Waals surface area contributed by atoms with Gasteiger partial charge in [0, 0.05) is 24.7 Å². The summed E-state index contributed by atoms with van der Waals surface area (Å²) in [6.45, 7) is 2.57. The highest BCUT2D eigenvalue weighted by Crippen LogP contribution is 2.22. The largest absolute Gasteiger partial charge is 0.481 e. The molecule has 0 saturated carbocycles. The topological polar surface area (TPSA) is 30.5 Å². The van der Waals surface area contributed by atoms with Crippen molar-refractivity contribution in [1.82, 2.24) is 5.32 Å². The first-order valence-corrected chi connectivity index (χ1v) is 6.11. The maximum absolute atomic E-state index is 5.37. The molecule has 0 heterocycles. The van der Waals surface area contributed by atoms with Gasteiger partial charge in [0.25, 0.3) is 0 Å². The van der Waals surface area contributed by atoms with E-state index < -0.39 is 0 Å². The highest BCUT2D eigenvalue weighted by atomic mass is 79.9. The van der Waals surface area contributed by atoms with Crippen LogP contribution in [0, 0.1) is 12.3 Å². The van der Waals surface area contributed by atoms with Crippen molar-refractivity contribution >= 4 is 15.9 Å². The summed E-state index contributed by atoms with van der Waals surface area (Å²) in [6, 6.07) is 5.82. The van der Waals surface area contributed by atoms with Gasteiger partial charge in [0.1, 0.15) is 12.4 Å². The standard InChI is InChI=1S/C13H16BrNO2/c1-3-7-17-12-4-5-13(14)11(9-12)10-15-6-8-16-2/h1,4-5,9,15H,6-8,10H2,2H3. The third-order valence-corrected chi connectivity index (χ3v) is 2.91. The number of rotatable bonds is 7. The molecule has 0 fully saturated rings. The van der Waals surface area contributed by atoms with Gasteiger partial charge in [0.2, 0.25) is 0 Å². The van der Waals surface area contributed by atoms with E-state index in [-0.39, 0.29) is 6.61 Å². The van der Waals surface area contributed by atoms with Crippen molar-refractivity contribution in [1.29, 1.82) is 0 Å². The van der Waals surface area contributed by atoms with Crippen LogP contribution in [0.15, 0.2) is 22.7 Å². The van der Waals surface area contributed by atoms with Gasteiger partial charge in [-0.05, 0) is 23.8 Å². The zero-order valence-corrected chi connectivity index (χ0v) is 11.4.